The minimum Gasteiger partial charge on any atom is -0.443 e. The van der Waals surface area contributed by atoms with E-state index in [0.717, 1.165) is 0 Å². The Hall–Kier alpha value is -0.0800. The van der Waals surface area contributed by atoms with E-state index in [9.17, 15) is 0 Å². The maximum Gasteiger partial charge on any atom is 0.159 e. The van der Waals surface area contributed by atoms with Crippen LogP contribution in [0.25, 0.3) is 0 Å². The lowest BCUT2D eigenvalue weighted by atomic mass is 9.54. The van der Waals surface area contributed by atoms with Gasteiger partial charge in [0, 0.05) is 23.7 Å². The molecular formula is C10H18O2+2. The first-order valence-electron chi connectivity index (χ1n) is 5.18. The number of rotatable bonds is 0. The molecule has 4 fully saturated rings. The van der Waals surface area contributed by atoms with Crippen LogP contribution in [-0.4, -0.2) is 22.4 Å². The van der Waals surface area contributed by atoms with Gasteiger partial charge in [0.2, 0.25) is 0 Å². The molecule has 0 saturated heterocycles. The van der Waals surface area contributed by atoms with Crippen LogP contribution >= 0.6 is 0 Å². The molecule has 4 bridgehead atoms. The highest BCUT2D eigenvalue weighted by Gasteiger charge is 2.56. The SMILES string of the molecule is [OH2+]C1C2CC3CC1CC(C2)C3[OH2+]. The van der Waals surface area contributed by atoms with Crippen molar-refractivity contribution in [2.24, 2.45) is 23.7 Å². The molecule has 4 saturated carbocycles. The van der Waals surface area contributed by atoms with Crippen LogP contribution in [0.1, 0.15) is 25.7 Å². The monoisotopic (exact) mass is 170 g/mol. The summed E-state index contributed by atoms with van der Waals surface area (Å²) in [4.78, 5) is 0. The van der Waals surface area contributed by atoms with Crippen LogP contribution in [0.2, 0.25) is 0 Å². The minimum atomic E-state index is 0.241. The summed E-state index contributed by atoms with van der Waals surface area (Å²) >= 11 is 0. The normalized spacial score (nSPS) is 62.5. The lowest BCUT2D eigenvalue weighted by Crippen LogP contribution is -2.54. The summed E-state index contributed by atoms with van der Waals surface area (Å²) < 4.78 is 0. The predicted octanol–water partition coefficient (Wildman–Crippen LogP) is 0.239. The van der Waals surface area contributed by atoms with Gasteiger partial charge < -0.3 is 10.2 Å². The van der Waals surface area contributed by atoms with Gasteiger partial charge in [-0.2, -0.15) is 0 Å². The highest BCUT2D eigenvalue weighted by molar-refractivity contribution is 5.02. The number of hydrogen-bond donors (Lipinski definition) is 0. The molecule has 4 rings (SSSR count). The summed E-state index contributed by atoms with van der Waals surface area (Å²) in [6.07, 6.45) is 5.30. The Labute approximate surface area is 72.6 Å². The van der Waals surface area contributed by atoms with Crippen LogP contribution < -0.4 is 0 Å². The first-order valence-corrected chi connectivity index (χ1v) is 5.18. The third-order valence-electron chi connectivity index (χ3n) is 4.45. The molecule has 0 aliphatic heterocycles. The van der Waals surface area contributed by atoms with Gasteiger partial charge in [-0.3, -0.25) is 0 Å². The van der Waals surface area contributed by atoms with Gasteiger partial charge in [-0.25, -0.2) is 0 Å². The molecule has 0 aromatic carbocycles. The summed E-state index contributed by atoms with van der Waals surface area (Å²) in [6.45, 7) is 0. The van der Waals surface area contributed by atoms with E-state index in [2.05, 4.69) is 0 Å². The molecule has 0 radical (unpaired) electrons. The van der Waals surface area contributed by atoms with Gasteiger partial charge >= 0.3 is 0 Å². The van der Waals surface area contributed by atoms with Crippen molar-refractivity contribution < 1.29 is 10.2 Å². The summed E-state index contributed by atoms with van der Waals surface area (Å²) in [5.74, 6) is 2.70. The van der Waals surface area contributed by atoms with E-state index >= 15 is 0 Å². The smallest absolute Gasteiger partial charge is 0.159 e. The standard InChI is InChI=1S/C10H16O2/c11-9-5-1-6-3-8(9)4-7(2-5)10(6)12/h5-12H,1-4H2/p+2. The molecule has 0 aromatic heterocycles. The Morgan fingerprint density at radius 2 is 0.833 bits per heavy atom. The molecular weight excluding hydrogens is 152 g/mol. The van der Waals surface area contributed by atoms with Gasteiger partial charge in [0.25, 0.3) is 0 Å². The van der Waals surface area contributed by atoms with Crippen LogP contribution in [0.4, 0.5) is 0 Å². The largest absolute Gasteiger partial charge is 0.443 e. The summed E-state index contributed by atoms with van der Waals surface area (Å²) in [5, 5.41) is 16.0. The van der Waals surface area contributed by atoms with E-state index in [-0.39, 0.29) is 12.2 Å². The Morgan fingerprint density at radius 1 is 0.583 bits per heavy atom. The van der Waals surface area contributed by atoms with Crippen molar-refractivity contribution in [3.63, 3.8) is 0 Å². The second kappa shape index (κ2) is 2.24. The predicted molar refractivity (Wildman–Crippen MR) is 47.2 cm³/mol. The summed E-state index contributed by atoms with van der Waals surface area (Å²) in [5.41, 5.74) is 0. The Kier molecular flexibility index (Phi) is 1.37. The Balaban J connectivity index is 1.91. The molecule has 0 atom stereocenters. The summed E-state index contributed by atoms with van der Waals surface area (Å²) in [7, 11) is 0. The molecule has 68 valence electrons. The molecule has 0 heterocycles. The summed E-state index contributed by atoms with van der Waals surface area (Å²) in [6, 6.07) is 0. The van der Waals surface area contributed by atoms with Gasteiger partial charge in [-0.1, -0.05) is 0 Å². The van der Waals surface area contributed by atoms with Crippen molar-refractivity contribution in [3.05, 3.63) is 0 Å². The molecule has 12 heavy (non-hydrogen) atoms. The zero-order valence-electron chi connectivity index (χ0n) is 7.29. The van der Waals surface area contributed by atoms with Crippen molar-refractivity contribution in [1.82, 2.24) is 0 Å². The van der Waals surface area contributed by atoms with Crippen LogP contribution in [0.3, 0.4) is 0 Å². The van der Waals surface area contributed by atoms with Gasteiger partial charge in [0.15, 0.2) is 12.2 Å². The fourth-order valence-electron chi connectivity index (χ4n) is 3.88. The number of hydrogen-bond acceptors (Lipinski definition) is 0. The average Bonchev–Trinajstić information content (AvgIpc) is 2.02. The van der Waals surface area contributed by atoms with Crippen LogP contribution in [0.15, 0.2) is 0 Å². The fourth-order valence-corrected chi connectivity index (χ4v) is 3.88. The van der Waals surface area contributed by atoms with Crippen molar-refractivity contribution in [2.45, 2.75) is 37.9 Å². The molecule has 2 heteroatoms. The fraction of sp³-hybridized carbons (Fsp3) is 1.00. The van der Waals surface area contributed by atoms with Crippen molar-refractivity contribution in [2.75, 3.05) is 0 Å². The molecule has 0 amide bonds. The second-order valence-electron chi connectivity index (χ2n) is 5.03. The minimum absolute atomic E-state index is 0.241. The highest BCUT2D eigenvalue weighted by Crippen LogP contribution is 2.53. The van der Waals surface area contributed by atoms with Crippen molar-refractivity contribution in [1.29, 1.82) is 0 Å². The molecule has 2 nitrogen and oxygen atoms in total. The zero-order valence-corrected chi connectivity index (χ0v) is 7.29. The van der Waals surface area contributed by atoms with Crippen molar-refractivity contribution in [3.8, 4) is 0 Å². The maximum absolute atomic E-state index is 8.00. The first kappa shape index (κ1) is 7.34. The van der Waals surface area contributed by atoms with E-state index in [1.165, 1.54) is 25.7 Å². The van der Waals surface area contributed by atoms with Gasteiger partial charge in [-0.15, -0.1) is 0 Å². The maximum atomic E-state index is 8.00. The third kappa shape index (κ3) is 0.775. The zero-order chi connectivity index (χ0) is 8.29. The van der Waals surface area contributed by atoms with Crippen molar-refractivity contribution >= 4 is 0 Å². The Bertz CT molecular complexity index is 154. The van der Waals surface area contributed by atoms with Gasteiger partial charge in [-0.05, 0) is 25.7 Å². The van der Waals surface area contributed by atoms with Gasteiger partial charge in [0.05, 0.1) is 0 Å². The van der Waals surface area contributed by atoms with E-state index in [0.29, 0.717) is 23.7 Å². The van der Waals surface area contributed by atoms with E-state index < -0.39 is 0 Å². The van der Waals surface area contributed by atoms with E-state index in [4.69, 9.17) is 10.2 Å². The van der Waals surface area contributed by atoms with E-state index in [1.54, 1.807) is 0 Å². The van der Waals surface area contributed by atoms with Crippen LogP contribution in [-0.2, 0) is 0 Å². The lowest BCUT2D eigenvalue weighted by Gasteiger charge is -2.50. The average molecular weight is 170 g/mol. The highest BCUT2D eigenvalue weighted by atomic mass is 16.3. The third-order valence-corrected chi connectivity index (χ3v) is 4.45. The van der Waals surface area contributed by atoms with Gasteiger partial charge in [0.1, 0.15) is 0 Å². The molecule has 4 aliphatic carbocycles. The first-order chi connectivity index (χ1) is 5.75. The second-order valence-corrected chi connectivity index (χ2v) is 5.03. The molecule has 4 N–H and O–H groups in total. The van der Waals surface area contributed by atoms with Crippen LogP contribution in [0.5, 0.6) is 0 Å². The quantitative estimate of drug-likeness (QED) is 0.467. The molecule has 0 spiro atoms. The van der Waals surface area contributed by atoms with E-state index in [1.807, 2.05) is 0 Å². The topological polar surface area (TPSA) is 45.8 Å². The molecule has 0 unspecified atom stereocenters. The molecule has 4 aliphatic rings. The Morgan fingerprint density at radius 3 is 1.08 bits per heavy atom. The van der Waals surface area contributed by atoms with Crippen LogP contribution in [0, 0.1) is 23.7 Å². The lowest BCUT2D eigenvalue weighted by molar-refractivity contribution is -0.150. The molecule has 0 aromatic rings.